The first-order chi connectivity index (χ1) is 16.1. The van der Waals surface area contributed by atoms with Crippen molar-refractivity contribution in [3.8, 4) is 11.4 Å². The second-order valence-electron chi connectivity index (χ2n) is 8.14. The molecule has 5 aromatic rings. The van der Waals surface area contributed by atoms with E-state index in [4.69, 9.17) is 9.26 Å². The van der Waals surface area contributed by atoms with Gasteiger partial charge in [-0.2, -0.15) is 5.10 Å². The predicted octanol–water partition coefficient (Wildman–Crippen LogP) is 4.88. The Morgan fingerprint density at radius 3 is 2.82 bits per heavy atom. The van der Waals surface area contributed by atoms with E-state index >= 15 is 0 Å². The van der Waals surface area contributed by atoms with Crippen molar-refractivity contribution in [2.75, 3.05) is 0 Å². The average molecular weight is 436 g/mol. The fraction of sp³-hybridized carbons (Fsp3) is 0.115. The number of aromatic nitrogens is 4. The molecule has 6 rings (SSSR count). The number of para-hydroxylation sites is 1. The fourth-order valence-electron chi connectivity index (χ4n) is 4.52. The van der Waals surface area contributed by atoms with Gasteiger partial charge in [0.1, 0.15) is 12.4 Å². The molecule has 1 N–H and O–H groups in total. The van der Waals surface area contributed by atoms with E-state index in [0.29, 0.717) is 12.4 Å². The Balaban J connectivity index is 1.60. The van der Waals surface area contributed by atoms with Crippen LogP contribution in [0.3, 0.4) is 0 Å². The summed E-state index contributed by atoms with van der Waals surface area (Å²) in [5.74, 6) is 0.609. The molecule has 2 aromatic heterocycles. The first-order valence-corrected chi connectivity index (χ1v) is 10.7. The Labute approximate surface area is 188 Å². The SMILES string of the molecule is C/C(=C1/c2ccc(-n3ncc4ccccc43)cc2COc2cccc(C)c21)c1noc(=O)[nH]1. The first-order valence-electron chi connectivity index (χ1n) is 10.7. The molecule has 0 unspecified atom stereocenters. The highest BCUT2D eigenvalue weighted by Gasteiger charge is 2.25. The van der Waals surface area contributed by atoms with Crippen molar-refractivity contribution < 1.29 is 9.26 Å². The Kier molecular flexibility index (Phi) is 4.29. The van der Waals surface area contributed by atoms with Crippen LogP contribution in [0.15, 0.2) is 76.2 Å². The van der Waals surface area contributed by atoms with Crippen LogP contribution < -0.4 is 10.5 Å². The standard InChI is InChI=1S/C26H20N4O3/c1-15-6-5-9-22-23(15)24(16(2)25-28-26(31)33-29-25)20-11-10-19(12-18(20)14-32-22)30-21-8-4-3-7-17(21)13-27-30/h3-13H,14H2,1-2H3,(H,28,29,31)/b24-16+. The van der Waals surface area contributed by atoms with Crippen LogP contribution in [-0.4, -0.2) is 19.9 Å². The second kappa shape index (κ2) is 7.34. The van der Waals surface area contributed by atoms with Crippen molar-refractivity contribution in [2.45, 2.75) is 20.5 Å². The number of allylic oxidation sites excluding steroid dienone is 1. The largest absolute Gasteiger partial charge is 0.488 e. The lowest BCUT2D eigenvalue weighted by Gasteiger charge is -2.16. The van der Waals surface area contributed by atoms with Gasteiger partial charge in [0.15, 0.2) is 5.82 Å². The summed E-state index contributed by atoms with van der Waals surface area (Å²) >= 11 is 0. The van der Waals surface area contributed by atoms with Crippen LogP contribution in [0.1, 0.15) is 35.0 Å². The van der Waals surface area contributed by atoms with Crippen molar-refractivity contribution in [2.24, 2.45) is 0 Å². The number of aromatic amines is 1. The van der Waals surface area contributed by atoms with E-state index in [0.717, 1.165) is 55.7 Å². The lowest BCUT2D eigenvalue weighted by molar-refractivity contribution is 0.307. The highest BCUT2D eigenvalue weighted by Crippen LogP contribution is 2.42. The molecule has 0 amide bonds. The highest BCUT2D eigenvalue weighted by atomic mass is 16.5. The van der Waals surface area contributed by atoms with Crippen molar-refractivity contribution in [3.63, 3.8) is 0 Å². The van der Waals surface area contributed by atoms with Gasteiger partial charge in [-0.25, -0.2) is 9.48 Å². The maximum atomic E-state index is 11.6. The molecule has 3 heterocycles. The van der Waals surface area contributed by atoms with E-state index in [1.807, 2.05) is 48.1 Å². The highest BCUT2D eigenvalue weighted by molar-refractivity contribution is 6.00. The smallest absolute Gasteiger partial charge is 0.439 e. The van der Waals surface area contributed by atoms with Crippen molar-refractivity contribution in [1.29, 1.82) is 0 Å². The number of hydrogen-bond donors (Lipinski definition) is 1. The molecule has 7 nitrogen and oxygen atoms in total. The molecule has 162 valence electrons. The van der Waals surface area contributed by atoms with Crippen LogP contribution in [0.5, 0.6) is 5.75 Å². The topological polar surface area (TPSA) is 85.9 Å². The molecule has 0 saturated heterocycles. The minimum Gasteiger partial charge on any atom is -0.488 e. The summed E-state index contributed by atoms with van der Waals surface area (Å²) in [7, 11) is 0. The van der Waals surface area contributed by atoms with Gasteiger partial charge in [-0.15, -0.1) is 0 Å². The number of nitrogens with one attached hydrogen (secondary N) is 1. The third-order valence-corrected chi connectivity index (χ3v) is 6.12. The van der Waals surface area contributed by atoms with Gasteiger partial charge < -0.3 is 4.74 Å². The molecule has 0 bridgehead atoms. The van der Waals surface area contributed by atoms with Gasteiger partial charge in [-0.1, -0.05) is 41.6 Å². The summed E-state index contributed by atoms with van der Waals surface area (Å²) in [6.07, 6.45) is 1.87. The van der Waals surface area contributed by atoms with Crippen LogP contribution in [0, 0.1) is 6.92 Å². The number of benzene rings is 3. The van der Waals surface area contributed by atoms with Crippen LogP contribution >= 0.6 is 0 Å². The summed E-state index contributed by atoms with van der Waals surface area (Å²) in [5, 5.41) is 9.61. The van der Waals surface area contributed by atoms with Crippen molar-refractivity contribution in [1.82, 2.24) is 19.9 Å². The molecule has 0 fully saturated rings. The van der Waals surface area contributed by atoms with Gasteiger partial charge in [-0.05, 0) is 60.4 Å². The molecule has 0 saturated carbocycles. The van der Waals surface area contributed by atoms with Crippen molar-refractivity contribution >= 4 is 22.0 Å². The van der Waals surface area contributed by atoms with Crippen LogP contribution in [0.2, 0.25) is 0 Å². The van der Waals surface area contributed by atoms with Crippen LogP contribution in [0.25, 0.3) is 27.7 Å². The zero-order chi connectivity index (χ0) is 22.5. The molecular formula is C26H20N4O3. The Morgan fingerprint density at radius 1 is 1.09 bits per heavy atom. The third-order valence-electron chi connectivity index (χ3n) is 6.12. The lowest BCUT2D eigenvalue weighted by Crippen LogP contribution is -2.02. The second-order valence-corrected chi connectivity index (χ2v) is 8.14. The molecule has 0 aliphatic carbocycles. The summed E-state index contributed by atoms with van der Waals surface area (Å²) in [6.45, 7) is 4.39. The number of hydrogen-bond acceptors (Lipinski definition) is 5. The van der Waals surface area contributed by atoms with Gasteiger partial charge >= 0.3 is 5.76 Å². The molecular weight excluding hydrogens is 416 g/mol. The normalized spacial score (nSPS) is 14.4. The van der Waals surface area contributed by atoms with E-state index < -0.39 is 5.76 Å². The van der Waals surface area contributed by atoms with Gasteiger partial charge in [0.05, 0.1) is 17.4 Å². The number of rotatable bonds is 2. The Bertz CT molecular complexity index is 1620. The van der Waals surface area contributed by atoms with Crippen molar-refractivity contribution in [3.05, 3.63) is 105 Å². The van der Waals surface area contributed by atoms with Gasteiger partial charge in [0.2, 0.25) is 0 Å². The number of ether oxygens (including phenoxy) is 1. The van der Waals surface area contributed by atoms with E-state index in [-0.39, 0.29) is 0 Å². The summed E-state index contributed by atoms with van der Waals surface area (Å²) in [5.41, 5.74) is 7.84. The van der Waals surface area contributed by atoms with E-state index in [9.17, 15) is 4.79 Å². The fourth-order valence-corrected chi connectivity index (χ4v) is 4.52. The number of nitrogens with zero attached hydrogens (tertiary/aromatic N) is 3. The minimum atomic E-state index is -0.582. The molecule has 0 atom stereocenters. The van der Waals surface area contributed by atoms with Gasteiger partial charge in [-0.3, -0.25) is 9.51 Å². The molecule has 0 spiro atoms. The molecule has 1 aliphatic rings. The summed E-state index contributed by atoms with van der Waals surface area (Å²) in [6, 6.07) is 20.4. The maximum Gasteiger partial charge on any atom is 0.439 e. The van der Waals surface area contributed by atoms with Gasteiger partial charge in [0, 0.05) is 16.5 Å². The predicted molar refractivity (Wildman–Crippen MR) is 125 cm³/mol. The molecule has 3 aromatic carbocycles. The van der Waals surface area contributed by atoms with E-state index in [1.54, 1.807) is 0 Å². The van der Waals surface area contributed by atoms with Crippen LogP contribution in [-0.2, 0) is 6.61 Å². The third kappa shape index (κ3) is 3.09. The lowest BCUT2D eigenvalue weighted by atomic mass is 9.88. The molecule has 7 heteroatoms. The number of aryl methyl sites for hydroxylation is 1. The first kappa shape index (κ1) is 19.3. The van der Waals surface area contributed by atoms with Crippen LogP contribution in [0.4, 0.5) is 0 Å². The summed E-state index contributed by atoms with van der Waals surface area (Å²) in [4.78, 5) is 14.3. The van der Waals surface area contributed by atoms with E-state index in [1.165, 1.54) is 0 Å². The Morgan fingerprint density at radius 2 is 1.97 bits per heavy atom. The van der Waals surface area contributed by atoms with E-state index in [2.05, 4.69) is 52.5 Å². The monoisotopic (exact) mass is 436 g/mol. The average Bonchev–Trinajstić information content (AvgIpc) is 3.41. The number of fused-ring (bicyclic) bond motifs is 3. The maximum absolute atomic E-state index is 11.6. The van der Waals surface area contributed by atoms with Gasteiger partial charge in [0.25, 0.3) is 0 Å². The molecule has 33 heavy (non-hydrogen) atoms. The zero-order valence-corrected chi connectivity index (χ0v) is 18.1. The molecule has 1 aliphatic heterocycles. The zero-order valence-electron chi connectivity index (χ0n) is 18.1. The molecule has 0 radical (unpaired) electrons. The summed E-state index contributed by atoms with van der Waals surface area (Å²) < 4.78 is 13.0. The quantitative estimate of drug-likeness (QED) is 0.426. The minimum absolute atomic E-state index is 0.402. The Hall–Kier alpha value is -4.39. The number of H-pyrrole nitrogens is 1.